The van der Waals surface area contributed by atoms with E-state index < -0.39 is 5.54 Å². The summed E-state index contributed by atoms with van der Waals surface area (Å²) in [5.74, 6) is -0.216. The van der Waals surface area contributed by atoms with E-state index in [-0.39, 0.29) is 24.2 Å². The molecule has 0 bridgehead atoms. The van der Waals surface area contributed by atoms with Crippen LogP contribution < -0.4 is 5.32 Å². The molecule has 0 aliphatic carbocycles. The van der Waals surface area contributed by atoms with Gasteiger partial charge in [-0.3, -0.25) is 9.78 Å². The largest absolute Gasteiger partial charge is 0.392 e. The van der Waals surface area contributed by atoms with Crippen LogP contribution in [0.1, 0.15) is 62.5 Å². The van der Waals surface area contributed by atoms with E-state index in [4.69, 9.17) is 4.98 Å². The van der Waals surface area contributed by atoms with Gasteiger partial charge >= 0.3 is 0 Å². The van der Waals surface area contributed by atoms with Crippen LogP contribution in [0.5, 0.6) is 0 Å². The number of rotatable bonds is 3. The molecule has 2 N–H and O–H groups in total. The zero-order valence-electron chi connectivity index (χ0n) is 15.7. The van der Waals surface area contributed by atoms with Crippen LogP contribution in [-0.2, 0) is 23.4 Å². The topological polar surface area (TPSA) is 62.2 Å². The average Bonchev–Trinajstić information content (AvgIpc) is 2.69. The minimum absolute atomic E-state index is 0.0188. The number of hydrogen-bond donors (Lipinski definition) is 2. The number of nitrogens with zero attached hydrogens (tertiary/aromatic N) is 1. The zero-order chi connectivity index (χ0) is 19.1. The van der Waals surface area contributed by atoms with Crippen molar-refractivity contribution in [3.8, 4) is 11.1 Å². The second-order valence-electron chi connectivity index (χ2n) is 7.67. The Balaban J connectivity index is 2.39. The van der Waals surface area contributed by atoms with Crippen LogP contribution >= 0.6 is 0 Å². The number of amides is 1. The Morgan fingerprint density at radius 3 is 2.46 bits per heavy atom. The Hall–Kier alpha value is -2.27. The first-order valence-electron chi connectivity index (χ1n) is 8.98. The SMILES string of the molecule is CC(C)c1nc2c(c(-c3ccc(F)cc3)c1CO)CCC(=O)NC2(C)C. The van der Waals surface area contributed by atoms with Crippen molar-refractivity contribution in [1.29, 1.82) is 0 Å². The molecular formula is C21H25FN2O2. The quantitative estimate of drug-likeness (QED) is 0.879. The Morgan fingerprint density at radius 2 is 1.88 bits per heavy atom. The van der Waals surface area contributed by atoms with E-state index in [2.05, 4.69) is 5.32 Å². The van der Waals surface area contributed by atoms with E-state index >= 15 is 0 Å². The van der Waals surface area contributed by atoms with Crippen molar-refractivity contribution in [1.82, 2.24) is 10.3 Å². The first-order valence-corrected chi connectivity index (χ1v) is 8.98. The fourth-order valence-corrected chi connectivity index (χ4v) is 3.76. The van der Waals surface area contributed by atoms with Crippen molar-refractivity contribution in [3.63, 3.8) is 0 Å². The van der Waals surface area contributed by atoms with Gasteiger partial charge in [0.1, 0.15) is 5.82 Å². The Kier molecular flexibility index (Phi) is 4.84. The molecular weight excluding hydrogens is 331 g/mol. The molecule has 1 aromatic carbocycles. The number of aliphatic hydroxyl groups is 1. The van der Waals surface area contributed by atoms with Crippen molar-refractivity contribution < 1.29 is 14.3 Å². The number of halogens is 1. The smallest absolute Gasteiger partial charge is 0.221 e. The van der Waals surface area contributed by atoms with Crippen molar-refractivity contribution >= 4 is 5.91 Å². The molecule has 26 heavy (non-hydrogen) atoms. The van der Waals surface area contributed by atoms with Crippen LogP contribution in [-0.4, -0.2) is 16.0 Å². The first kappa shape index (κ1) is 18.5. The summed E-state index contributed by atoms with van der Waals surface area (Å²) < 4.78 is 13.5. The lowest BCUT2D eigenvalue weighted by molar-refractivity contribution is -0.122. The summed E-state index contributed by atoms with van der Waals surface area (Å²) >= 11 is 0. The third-order valence-electron chi connectivity index (χ3n) is 4.91. The lowest BCUT2D eigenvalue weighted by Gasteiger charge is -2.29. The number of nitrogens with one attached hydrogen (secondary N) is 1. The van der Waals surface area contributed by atoms with Gasteiger partial charge in [-0.1, -0.05) is 26.0 Å². The highest BCUT2D eigenvalue weighted by molar-refractivity contribution is 5.81. The molecule has 138 valence electrons. The molecule has 0 spiro atoms. The molecule has 0 unspecified atom stereocenters. The van der Waals surface area contributed by atoms with Crippen LogP contribution in [0.15, 0.2) is 24.3 Å². The van der Waals surface area contributed by atoms with Crippen molar-refractivity contribution in [2.24, 2.45) is 0 Å². The van der Waals surface area contributed by atoms with Crippen LogP contribution in [0.4, 0.5) is 4.39 Å². The van der Waals surface area contributed by atoms with Gasteiger partial charge in [0.2, 0.25) is 5.91 Å². The minimum Gasteiger partial charge on any atom is -0.392 e. The summed E-state index contributed by atoms with van der Waals surface area (Å²) in [6, 6.07) is 6.29. The molecule has 0 fully saturated rings. The highest BCUT2D eigenvalue weighted by Crippen LogP contribution is 2.39. The van der Waals surface area contributed by atoms with Crippen molar-refractivity contribution in [2.45, 2.75) is 58.6 Å². The summed E-state index contributed by atoms with van der Waals surface area (Å²) in [6.07, 6.45) is 0.897. The first-order chi connectivity index (χ1) is 12.2. The van der Waals surface area contributed by atoms with E-state index in [1.54, 1.807) is 12.1 Å². The van der Waals surface area contributed by atoms with Gasteiger partial charge in [0, 0.05) is 17.7 Å². The molecule has 3 rings (SSSR count). The summed E-state index contributed by atoms with van der Waals surface area (Å²) in [6.45, 7) is 7.80. The zero-order valence-corrected chi connectivity index (χ0v) is 15.7. The number of aromatic nitrogens is 1. The van der Waals surface area contributed by atoms with Gasteiger partial charge in [0.25, 0.3) is 0 Å². The summed E-state index contributed by atoms with van der Waals surface area (Å²) in [5, 5.41) is 13.2. The number of hydrogen-bond acceptors (Lipinski definition) is 3. The highest BCUT2D eigenvalue weighted by Gasteiger charge is 2.34. The Morgan fingerprint density at radius 1 is 1.23 bits per heavy atom. The minimum atomic E-state index is -0.616. The molecule has 1 aliphatic rings. The molecule has 0 atom stereocenters. The second kappa shape index (κ2) is 6.80. The second-order valence-corrected chi connectivity index (χ2v) is 7.67. The Labute approximate surface area is 153 Å². The molecule has 1 aliphatic heterocycles. The fraction of sp³-hybridized carbons (Fsp3) is 0.429. The van der Waals surface area contributed by atoms with E-state index in [0.29, 0.717) is 12.8 Å². The van der Waals surface area contributed by atoms with E-state index in [9.17, 15) is 14.3 Å². The molecule has 0 radical (unpaired) electrons. The van der Waals surface area contributed by atoms with Gasteiger partial charge < -0.3 is 10.4 Å². The maximum absolute atomic E-state index is 13.5. The third-order valence-corrected chi connectivity index (χ3v) is 4.91. The van der Waals surface area contributed by atoms with Crippen LogP contribution in [0, 0.1) is 5.82 Å². The monoisotopic (exact) mass is 356 g/mol. The highest BCUT2D eigenvalue weighted by atomic mass is 19.1. The molecule has 2 heterocycles. The van der Waals surface area contributed by atoms with Gasteiger partial charge in [0.05, 0.1) is 17.8 Å². The number of carbonyl (C=O) groups excluding carboxylic acids is 1. The number of pyridine rings is 1. The predicted octanol–water partition coefficient (Wildman–Crippen LogP) is 3.80. The van der Waals surface area contributed by atoms with Crippen LogP contribution in [0.25, 0.3) is 11.1 Å². The number of benzene rings is 1. The molecule has 0 saturated carbocycles. The lowest BCUT2D eigenvalue weighted by Crippen LogP contribution is -2.40. The summed E-state index contributed by atoms with van der Waals surface area (Å²) in [7, 11) is 0. The Bertz CT molecular complexity index is 842. The van der Waals surface area contributed by atoms with Crippen LogP contribution in [0.2, 0.25) is 0 Å². The van der Waals surface area contributed by atoms with Gasteiger partial charge in [-0.2, -0.15) is 0 Å². The molecule has 5 heteroatoms. The number of carbonyl (C=O) groups is 1. The predicted molar refractivity (Wildman–Crippen MR) is 99.1 cm³/mol. The fourth-order valence-electron chi connectivity index (χ4n) is 3.76. The number of aliphatic hydroxyl groups excluding tert-OH is 1. The van der Waals surface area contributed by atoms with Crippen LogP contribution in [0.3, 0.4) is 0 Å². The molecule has 1 aromatic heterocycles. The van der Waals surface area contributed by atoms with E-state index in [1.165, 1.54) is 12.1 Å². The maximum Gasteiger partial charge on any atom is 0.221 e. The van der Waals surface area contributed by atoms with Gasteiger partial charge in [0.15, 0.2) is 0 Å². The molecule has 1 amide bonds. The lowest BCUT2D eigenvalue weighted by atomic mass is 9.84. The third kappa shape index (κ3) is 3.23. The van der Waals surface area contributed by atoms with Gasteiger partial charge in [-0.05, 0) is 55.0 Å². The van der Waals surface area contributed by atoms with Gasteiger partial charge in [-0.15, -0.1) is 0 Å². The normalized spacial score (nSPS) is 16.2. The van der Waals surface area contributed by atoms with E-state index in [0.717, 1.165) is 33.6 Å². The number of fused-ring (bicyclic) bond motifs is 1. The van der Waals surface area contributed by atoms with Crippen molar-refractivity contribution in [2.75, 3.05) is 0 Å². The van der Waals surface area contributed by atoms with E-state index in [1.807, 2.05) is 27.7 Å². The van der Waals surface area contributed by atoms with Gasteiger partial charge in [-0.25, -0.2) is 4.39 Å². The van der Waals surface area contributed by atoms with Crippen molar-refractivity contribution in [3.05, 3.63) is 52.6 Å². The summed E-state index contributed by atoms with van der Waals surface area (Å²) in [4.78, 5) is 17.1. The molecule has 4 nitrogen and oxygen atoms in total. The summed E-state index contributed by atoms with van der Waals surface area (Å²) in [5.41, 5.74) is 4.45. The molecule has 2 aromatic rings. The standard InChI is InChI=1S/C21H25FN2O2/c1-12(2)19-16(11-25)18(13-5-7-14(22)8-6-13)15-9-10-17(26)24-21(3,4)20(15)23-19/h5-8,12,25H,9-11H2,1-4H3,(H,24,26). The average molecular weight is 356 g/mol. The molecule has 0 saturated heterocycles. The maximum atomic E-state index is 13.5.